The molecule has 1 aromatic rings. The van der Waals surface area contributed by atoms with Crippen LogP contribution in [0.4, 0.5) is 4.39 Å². The molecule has 0 aliphatic rings. The first-order chi connectivity index (χ1) is 7.19. The first-order valence-corrected chi connectivity index (χ1v) is 4.24. The Hall–Kier alpha value is -1.78. The number of nitrogens with zero attached hydrogens (tertiary/aromatic N) is 4. The van der Waals surface area contributed by atoms with Crippen LogP contribution in [0.15, 0.2) is 34.5 Å². The largest absolute Gasteiger partial charge is 0.410 e. The first kappa shape index (κ1) is 11.3. The molecule has 0 fully saturated rings. The van der Waals surface area contributed by atoms with E-state index in [1.165, 1.54) is 24.3 Å². The highest BCUT2D eigenvalue weighted by Crippen LogP contribution is 2.21. The van der Waals surface area contributed by atoms with Crippen molar-refractivity contribution in [2.75, 3.05) is 0 Å². The standard InChI is InChI=1S/C8H6ClFN4O/c9-8(13-15)7(12-14-11)5-1-3-6(10)4-2-5/h1-4,7,15H/b13-8-. The van der Waals surface area contributed by atoms with E-state index in [0.29, 0.717) is 5.56 Å². The molecule has 5 nitrogen and oxygen atoms in total. The minimum Gasteiger partial charge on any atom is -0.410 e. The van der Waals surface area contributed by atoms with Crippen molar-refractivity contribution in [1.82, 2.24) is 0 Å². The van der Waals surface area contributed by atoms with Crippen LogP contribution in [0.25, 0.3) is 10.4 Å². The number of hydrogen-bond donors (Lipinski definition) is 1. The van der Waals surface area contributed by atoms with E-state index >= 15 is 0 Å². The highest BCUT2D eigenvalue weighted by molar-refractivity contribution is 6.66. The van der Waals surface area contributed by atoms with Gasteiger partial charge < -0.3 is 5.21 Å². The van der Waals surface area contributed by atoms with E-state index in [1.54, 1.807) is 0 Å². The van der Waals surface area contributed by atoms with Gasteiger partial charge in [0.25, 0.3) is 0 Å². The van der Waals surface area contributed by atoms with Gasteiger partial charge in [-0.1, -0.05) is 34.0 Å². The number of hydrogen-bond acceptors (Lipinski definition) is 3. The number of azide groups is 1. The summed E-state index contributed by atoms with van der Waals surface area (Å²) in [7, 11) is 0. The van der Waals surface area contributed by atoms with Gasteiger partial charge in [-0.25, -0.2) is 4.39 Å². The average molecular weight is 229 g/mol. The fourth-order valence-corrected chi connectivity index (χ4v) is 1.17. The molecule has 1 unspecified atom stereocenters. The molecule has 1 atom stereocenters. The molecule has 1 aromatic carbocycles. The third-order valence-electron chi connectivity index (χ3n) is 1.67. The summed E-state index contributed by atoms with van der Waals surface area (Å²) < 4.78 is 12.6. The van der Waals surface area contributed by atoms with E-state index in [1.807, 2.05) is 0 Å². The van der Waals surface area contributed by atoms with Crippen LogP contribution in [0, 0.1) is 5.82 Å². The molecule has 1 rings (SSSR count). The lowest BCUT2D eigenvalue weighted by molar-refractivity contribution is 0.318. The van der Waals surface area contributed by atoms with Gasteiger partial charge in [0.2, 0.25) is 0 Å². The first-order valence-electron chi connectivity index (χ1n) is 3.86. The second kappa shape index (κ2) is 5.19. The van der Waals surface area contributed by atoms with Crippen LogP contribution in [0.5, 0.6) is 0 Å². The van der Waals surface area contributed by atoms with Crippen molar-refractivity contribution < 1.29 is 9.60 Å². The predicted octanol–water partition coefficient (Wildman–Crippen LogP) is 3.20. The number of halogens is 2. The lowest BCUT2D eigenvalue weighted by Gasteiger charge is -2.07. The van der Waals surface area contributed by atoms with Gasteiger partial charge in [0.1, 0.15) is 11.9 Å². The minimum absolute atomic E-state index is 0.278. The third-order valence-corrected chi connectivity index (χ3v) is 1.96. The maximum atomic E-state index is 12.6. The zero-order valence-corrected chi connectivity index (χ0v) is 8.13. The molecule has 0 aliphatic heterocycles. The van der Waals surface area contributed by atoms with Gasteiger partial charge in [0.15, 0.2) is 5.17 Å². The maximum absolute atomic E-state index is 12.6. The quantitative estimate of drug-likeness (QED) is 0.211. The van der Waals surface area contributed by atoms with Crippen LogP contribution < -0.4 is 0 Å². The molecule has 0 heterocycles. The molecule has 15 heavy (non-hydrogen) atoms. The van der Waals surface area contributed by atoms with E-state index in [-0.39, 0.29) is 5.17 Å². The van der Waals surface area contributed by atoms with E-state index in [2.05, 4.69) is 15.2 Å². The Morgan fingerprint density at radius 1 is 1.47 bits per heavy atom. The Labute approximate surface area is 89.4 Å². The van der Waals surface area contributed by atoms with Gasteiger partial charge in [0, 0.05) is 4.91 Å². The summed E-state index contributed by atoms with van der Waals surface area (Å²) in [5.74, 6) is -0.421. The maximum Gasteiger partial charge on any atom is 0.158 e. The summed E-state index contributed by atoms with van der Waals surface area (Å²) in [5, 5.41) is 14.2. The van der Waals surface area contributed by atoms with Crippen molar-refractivity contribution in [3.8, 4) is 0 Å². The predicted molar refractivity (Wildman–Crippen MR) is 53.4 cm³/mol. The van der Waals surface area contributed by atoms with Crippen molar-refractivity contribution in [2.45, 2.75) is 6.04 Å². The van der Waals surface area contributed by atoms with Crippen molar-refractivity contribution in [3.63, 3.8) is 0 Å². The van der Waals surface area contributed by atoms with Crippen molar-refractivity contribution in [3.05, 3.63) is 46.1 Å². The van der Waals surface area contributed by atoms with Crippen LogP contribution in [-0.4, -0.2) is 10.4 Å². The summed E-state index contributed by atoms with van der Waals surface area (Å²) in [6, 6.07) is 4.22. The summed E-state index contributed by atoms with van der Waals surface area (Å²) in [5.41, 5.74) is 8.73. The highest BCUT2D eigenvalue weighted by Gasteiger charge is 2.15. The van der Waals surface area contributed by atoms with Crippen LogP contribution in [0.2, 0.25) is 0 Å². The highest BCUT2D eigenvalue weighted by atomic mass is 35.5. The average Bonchev–Trinajstić information content (AvgIpc) is 2.26. The monoisotopic (exact) mass is 228 g/mol. The zero-order valence-electron chi connectivity index (χ0n) is 7.38. The van der Waals surface area contributed by atoms with Crippen LogP contribution in [0.3, 0.4) is 0 Å². The third kappa shape index (κ3) is 2.83. The Kier molecular flexibility index (Phi) is 3.91. The molecule has 78 valence electrons. The molecule has 0 spiro atoms. The van der Waals surface area contributed by atoms with Gasteiger partial charge in [0.05, 0.1) is 0 Å². The van der Waals surface area contributed by atoms with E-state index in [4.69, 9.17) is 22.3 Å². The normalized spacial score (nSPS) is 13.1. The topological polar surface area (TPSA) is 81.4 Å². The molecule has 0 saturated heterocycles. The summed E-state index contributed by atoms with van der Waals surface area (Å²) in [6.45, 7) is 0. The molecule has 0 aliphatic carbocycles. The van der Waals surface area contributed by atoms with Crippen molar-refractivity contribution >= 4 is 16.8 Å². The summed E-state index contributed by atoms with van der Waals surface area (Å²) in [4.78, 5) is 2.56. The molecule has 0 saturated carbocycles. The van der Waals surface area contributed by atoms with Gasteiger partial charge in [-0.15, -0.1) is 0 Å². The second-order valence-electron chi connectivity index (χ2n) is 2.58. The fraction of sp³-hybridized carbons (Fsp3) is 0.125. The summed E-state index contributed by atoms with van der Waals surface area (Å²) in [6.07, 6.45) is 0. The Balaban J connectivity index is 3.10. The molecule has 7 heteroatoms. The zero-order chi connectivity index (χ0) is 11.3. The van der Waals surface area contributed by atoms with E-state index < -0.39 is 11.9 Å². The Morgan fingerprint density at radius 3 is 2.53 bits per heavy atom. The summed E-state index contributed by atoms with van der Waals surface area (Å²) >= 11 is 5.53. The van der Waals surface area contributed by atoms with Gasteiger partial charge in [-0.05, 0) is 23.2 Å². The van der Waals surface area contributed by atoms with E-state index in [9.17, 15) is 4.39 Å². The van der Waals surface area contributed by atoms with Crippen molar-refractivity contribution in [2.24, 2.45) is 10.3 Å². The SMILES string of the molecule is [N-]=[N+]=NC(/C(Cl)=N/O)c1ccc(F)cc1. The van der Waals surface area contributed by atoms with Crippen LogP contribution in [-0.2, 0) is 0 Å². The molecule has 0 aromatic heterocycles. The van der Waals surface area contributed by atoms with Gasteiger partial charge in [-0.3, -0.25) is 0 Å². The lowest BCUT2D eigenvalue weighted by Crippen LogP contribution is -2.03. The van der Waals surface area contributed by atoms with Crippen molar-refractivity contribution in [1.29, 1.82) is 0 Å². The molecule has 0 amide bonds. The number of oxime groups is 1. The van der Waals surface area contributed by atoms with Gasteiger partial charge in [-0.2, -0.15) is 0 Å². The number of rotatable bonds is 3. The second-order valence-corrected chi connectivity index (χ2v) is 2.97. The Bertz CT molecular complexity index is 413. The van der Waals surface area contributed by atoms with Gasteiger partial charge >= 0.3 is 0 Å². The fourth-order valence-electron chi connectivity index (χ4n) is 1.00. The van der Waals surface area contributed by atoms with Crippen LogP contribution >= 0.6 is 11.6 Å². The van der Waals surface area contributed by atoms with E-state index in [0.717, 1.165) is 0 Å². The molecule has 1 N–H and O–H groups in total. The lowest BCUT2D eigenvalue weighted by atomic mass is 10.1. The number of benzene rings is 1. The smallest absolute Gasteiger partial charge is 0.158 e. The molecular formula is C8H6ClFN4O. The molecule has 0 bridgehead atoms. The Morgan fingerprint density at radius 2 is 2.07 bits per heavy atom. The van der Waals surface area contributed by atoms with Crippen LogP contribution in [0.1, 0.15) is 11.6 Å². The minimum atomic E-state index is -0.942. The molecule has 0 radical (unpaired) electrons. The molecular weight excluding hydrogens is 223 g/mol.